The summed E-state index contributed by atoms with van der Waals surface area (Å²) >= 11 is 0. The van der Waals surface area contributed by atoms with E-state index >= 15 is 0 Å². The number of fused-ring (bicyclic) bond motifs is 1. The molecule has 0 N–H and O–H groups in total. The third-order valence-corrected chi connectivity index (χ3v) is 4.75. The first-order chi connectivity index (χ1) is 11.7. The zero-order valence-corrected chi connectivity index (χ0v) is 13.8. The number of carbonyl (C=O) groups excluding carboxylic acids is 1. The zero-order valence-electron chi connectivity index (χ0n) is 13.8. The summed E-state index contributed by atoms with van der Waals surface area (Å²) < 4.78 is 13.0. The van der Waals surface area contributed by atoms with Gasteiger partial charge in [0.05, 0.1) is 11.7 Å². The number of rotatable bonds is 2. The Kier molecular flexibility index (Phi) is 3.88. The Morgan fingerprint density at radius 3 is 2.79 bits per heavy atom. The second-order valence-electron chi connectivity index (χ2n) is 6.25. The fraction of sp³-hybridized carbons (Fsp3) is 0.444. The number of hydrogen-bond donors (Lipinski definition) is 0. The number of carbonyl (C=O) groups is 1. The number of nitrogens with zero attached hydrogens (tertiary/aromatic N) is 3. The molecule has 0 radical (unpaired) electrons. The van der Waals surface area contributed by atoms with Gasteiger partial charge in [-0.2, -0.15) is 5.10 Å². The lowest BCUT2D eigenvalue weighted by Gasteiger charge is -2.36. The van der Waals surface area contributed by atoms with Crippen LogP contribution in [-0.2, 0) is 7.05 Å². The van der Waals surface area contributed by atoms with E-state index in [-0.39, 0.29) is 11.9 Å². The Morgan fingerprint density at radius 1 is 1.17 bits per heavy atom. The van der Waals surface area contributed by atoms with Crippen molar-refractivity contribution in [1.82, 2.24) is 14.7 Å². The molecule has 1 amide bonds. The molecule has 0 aliphatic carbocycles. The summed E-state index contributed by atoms with van der Waals surface area (Å²) in [4.78, 5) is 15.1. The molecule has 0 unspecified atom stereocenters. The summed E-state index contributed by atoms with van der Waals surface area (Å²) in [5.74, 6) is 1.40. The van der Waals surface area contributed by atoms with Crippen LogP contribution in [0.25, 0.3) is 0 Å². The molecule has 0 spiro atoms. The molecule has 1 atom stereocenters. The summed E-state index contributed by atoms with van der Waals surface area (Å²) in [7, 11) is 1.93. The maximum atomic E-state index is 13.1. The highest BCUT2D eigenvalue weighted by atomic mass is 16.6. The molecule has 6 nitrogen and oxygen atoms in total. The minimum absolute atomic E-state index is 0.0397. The summed E-state index contributed by atoms with van der Waals surface area (Å²) in [6.45, 7) is 1.84. The fourth-order valence-electron chi connectivity index (χ4n) is 3.54. The number of aromatic nitrogens is 2. The molecule has 0 saturated carbocycles. The molecule has 24 heavy (non-hydrogen) atoms. The second kappa shape index (κ2) is 6.19. The van der Waals surface area contributed by atoms with Crippen LogP contribution in [0.1, 0.15) is 41.4 Å². The maximum absolute atomic E-state index is 13.1. The van der Waals surface area contributed by atoms with Gasteiger partial charge in [-0.1, -0.05) is 0 Å². The van der Waals surface area contributed by atoms with Gasteiger partial charge in [0.1, 0.15) is 13.2 Å². The van der Waals surface area contributed by atoms with Gasteiger partial charge >= 0.3 is 0 Å². The lowest BCUT2D eigenvalue weighted by molar-refractivity contribution is 0.0600. The van der Waals surface area contributed by atoms with E-state index in [0.29, 0.717) is 30.3 Å². The molecule has 6 heteroatoms. The van der Waals surface area contributed by atoms with Crippen molar-refractivity contribution < 1.29 is 14.3 Å². The molecule has 2 aromatic rings. The van der Waals surface area contributed by atoms with E-state index in [4.69, 9.17) is 9.47 Å². The molecule has 0 bridgehead atoms. The Bertz CT molecular complexity index is 756. The minimum atomic E-state index is 0.0397. The predicted molar refractivity (Wildman–Crippen MR) is 88.3 cm³/mol. The number of aryl methyl sites for hydroxylation is 1. The van der Waals surface area contributed by atoms with Gasteiger partial charge < -0.3 is 14.4 Å². The predicted octanol–water partition coefficient (Wildman–Crippen LogP) is 2.56. The van der Waals surface area contributed by atoms with Crippen LogP contribution < -0.4 is 9.47 Å². The van der Waals surface area contributed by atoms with Gasteiger partial charge in [0.25, 0.3) is 5.91 Å². The number of ether oxygens (including phenoxy) is 2. The van der Waals surface area contributed by atoms with E-state index in [1.54, 1.807) is 12.3 Å². The first-order valence-corrected chi connectivity index (χ1v) is 8.42. The Morgan fingerprint density at radius 2 is 2.00 bits per heavy atom. The van der Waals surface area contributed by atoms with Crippen LogP contribution in [0.2, 0.25) is 0 Å². The molecular weight excluding hydrogens is 306 g/mol. The van der Waals surface area contributed by atoms with Crippen LogP contribution in [-0.4, -0.2) is 40.3 Å². The van der Waals surface area contributed by atoms with Gasteiger partial charge in [0, 0.05) is 25.4 Å². The molecule has 126 valence electrons. The number of hydrogen-bond acceptors (Lipinski definition) is 4. The Balaban J connectivity index is 1.63. The van der Waals surface area contributed by atoms with Crippen molar-refractivity contribution in [2.45, 2.75) is 25.3 Å². The third kappa shape index (κ3) is 2.62. The Hall–Kier alpha value is -2.50. The van der Waals surface area contributed by atoms with E-state index in [2.05, 4.69) is 5.10 Å². The standard InChI is InChI=1S/C18H21N3O3/c1-20-14(7-8-19-20)15-4-2-3-9-21(15)18(22)13-5-6-16-17(12-13)24-11-10-23-16/h5-8,12,15H,2-4,9-11H2,1H3/t15-/m1/s1. The van der Waals surface area contributed by atoms with Crippen molar-refractivity contribution in [2.24, 2.45) is 7.05 Å². The summed E-state index contributed by atoms with van der Waals surface area (Å²) in [5.41, 5.74) is 1.73. The zero-order chi connectivity index (χ0) is 16.5. The number of likely N-dealkylation sites (tertiary alicyclic amines) is 1. The summed E-state index contributed by atoms with van der Waals surface area (Å²) in [5, 5.41) is 4.26. The third-order valence-electron chi connectivity index (χ3n) is 4.75. The van der Waals surface area contributed by atoms with E-state index in [9.17, 15) is 4.79 Å². The fourth-order valence-corrected chi connectivity index (χ4v) is 3.54. The molecule has 1 aromatic carbocycles. The van der Waals surface area contributed by atoms with Crippen molar-refractivity contribution in [1.29, 1.82) is 0 Å². The highest BCUT2D eigenvalue weighted by Crippen LogP contribution is 2.34. The number of piperidine rings is 1. The van der Waals surface area contributed by atoms with Crippen LogP contribution in [0.4, 0.5) is 0 Å². The van der Waals surface area contributed by atoms with E-state index < -0.39 is 0 Å². The van der Waals surface area contributed by atoms with Crippen molar-refractivity contribution >= 4 is 5.91 Å². The SMILES string of the molecule is Cn1nccc1[C@H]1CCCCN1C(=O)c1ccc2c(c1)OCCO2. The van der Waals surface area contributed by atoms with Gasteiger partial charge in [0.2, 0.25) is 0 Å². The number of benzene rings is 1. The van der Waals surface area contributed by atoms with Gasteiger partial charge in [-0.25, -0.2) is 0 Å². The Labute approximate surface area is 141 Å². The molecule has 2 aliphatic rings. The van der Waals surface area contributed by atoms with E-state index in [1.165, 1.54) is 0 Å². The molecule has 2 aliphatic heterocycles. The molecule has 3 heterocycles. The van der Waals surface area contributed by atoms with Crippen LogP contribution in [0.3, 0.4) is 0 Å². The van der Waals surface area contributed by atoms with Crippen molar-refractivity contribution in [3.8, 4) is 11.5 Å². The normalized spacial score (nSPS) is 20.0. The largest absolute Gasteiger partial charge is 0.486 e. The van der Waals surface area contributed by atoms with Crippen LogP contribution >= 0.6 is 0 Å². The van der Waals surface area contributed by atoms with Gasteiger partial charge in [-0.05, 0) is 43.5 Å². The maximum Gasteiger partial charge on any atom is 0.254 e. The average molecular weight is 327 g/mol. The molecular formula is C18H21N3O3. The quantitative estimate of drug-likeness (QED) is 0.851. The first kappa shape index (κ1) is 15.1. The van der Waals surface area contributed by atoms with E-state index in [0.717, 1.165) is 31.5 Å². The lowest BCUT2D eigenvalue weighted by atomic mass is 9.98. The second-order valence-corrected chi connectivity index (χ2v) is 6.25. The van der Waals surface area contributed by atoms with Crippen LogP contribution in [0.15, 0.2) is 30.5 Å². The van der Waals surface area contributed by atoms with Crippen molar-refractivity contribution in [2.75, 3.05) is 19.8 Å². The molecule has 1 saturated heterocycles. The summed E-state index contributed by atoms with van der Waals surface area (Å²) in [6.07, 6.45) is 4.91. The van der Waals surface area contributed by atoms with Gasteiger partial charge in [-0.15, -0.1) is 0 Å². The van der Waals surface area contributed by atoms with Crippen LogP contribution in [0, 0.1) is 0 Å². The van der Waals surface area contributed by atoms with Gasteiger partial charge in [0.15, 0.2) is 11.5 Å². The highest BCUT2D eigenvalue weighted by Gasteiger charge is 2.31. The topological polar surface area (TPSA) is 56.6 Å². The van der Waals surface area contributed by atoms with E-state index in [1.807, 2.05) is 34.8 Å². The molecule has 1 fully saturated rings. The lowest BCUT2D eigenvalue weighted by Crippen LogP contribution is -2.39. The summed E-state index contributed by atoms with van der Waals surface area (Å²) in [6, 6.07) is 7.52. The molecule has 1 aromatic heterocycles. The highest BCUT2D eigenvalue weighted by molar-refractivity contribution is 5.95. The first-order valence-electron chi connectivity index (χ1n) is 8.42. The van der Waals surface area contributed by atoms with Crippen LogP contribution in [0.5, 0.6) is 11.5 Å². The van der Waals surface area contributed by atoms with Crippen molar-refractivity contribution in [3.63, 3.8) is 0 Å². The van der Waals surface area contributed by atoms with Crippen molar-refractivity contribution in [3.05, 3.63) is 41.7 Å². The monoisotopic (exact) mass is 327 g/mol. The van der Waals surface area contributed by atoms with Gasteiger partial charge in [-0.3, -0.25) is 9.48 Å². The average Bonchev–Trinajstić information content (AvgIpc) is 3.06. The smallest absolute Gasteiger partial charge is 0.254 e. The minimum Gasteiger partial charge on any atom is -0.486 e. The molecule has 4 rings (SSSR count). The number of amides is 1.